The van der Waals surface area contributed by atoms with E-state index in [4.69, 9.17) is 4.74 Å². The van der Waals surface area contributed by atoms with Crippen molar-refractivity contribution in [2.45, 2.75) is 43.8 Å². The van der Waals surface area contributed by atoms with E-state index in [-0.39, 0.29) is 17.7 Å². The summed E-state index contributed by atoms with van der Waals surface area (Å²) in [5, 5.41) is 0. The maximum atomic E-state index is 12.4. The van der Waals surface area contributed by atoms with Crippen molar-refractivity contribution in [3.8, 4) is 11.3 Å². The average molecular weight is 343 g/mol. The Morgan fingerprint density at radius 1 is 1.33 bits per heavy atom. The Hall–Kier alpha value is -2.01. The number of hydrogen-bond donors (Lipinski definition) is 1. The van der Waals surface area contributed by atoms with E-state index in [1.165, 1.54) is 11.6 Å². The number of fused-ring (bicyclic) bond motifs is 3. The Balaban J connectivity index is 2.15. The zero-order valence-corrected chi connectivity index (χ0v) is 15.0. The van der Waals surface area contributed by atoms with Crippen LogP contribution in [0.15, 0.2) is 34.0 Å². The molecule has 5 heteroatoms. The van der Waals surface area contributed by atoms with Gasteiger partial charge in [0, 0.05) is 27.8 Å². The van der Waals surface area contributed by atoms with Crippen LogP contribution in [0.1, 0.15) is 54.7 Å². The fraction of sp³-hybridized carbons (Fsp3) is 0.368. The van der Waals surface area contributed by atoms with Crippen molar-refractivity contribution < 1.29 is 9.53 Å². The van der Waals surface area contributed by atoms with E-state index in [1.807, 2.05) is 0 Å². The molecule has 0 aliphatic carbocycles. The van der Waals surface area contributed by atoms with Gasteiger partial charge in [0.15, 0.2) is 5.43 Å². The highest BCUT2D eigenvalue weighted by atomic mass is 32.2. The zero-order valence-electron chi connectivity index (χ0n) is 14.1. The molecule has 0 radical (unpaired) electrons. The number of aromatic amines is 1. The number of benzene rings is 1. The molecule has 2 aromatic rings. The third-order valence-corrected chi connectivity index (χ3v) is 5.56. The van der Waals surface area contributed by atoms with Gasteiger partial charge in [-0.1, -0.05) is 19.9 Å². The lowest BCUT2D eigenvalue weighted by molar-refractivity contribution is 0.0519. The van der Waals surface area contributed by atoms with Gasteiger partial charge in [0.05, 0.1) is 12.3 Å². The van der Waals surface area contributed by atoms with Crippen LogP contribution >= 0.6 is 11.8 Å². The lowest BCUT2D eigenvalue weighted by Gasteiger charge is -2.21. The molecule has 0 saturated carbocycles. The van der Waals surface area contributed by atoms with Gasteiger partial charge in [-0.05, 0) is 37.0 Å². The lowest BCUT2D eigenvalue weighted by atomic mass is 9.94. The van der Waals surface area contributed by atoms with Crippen LogP contribution in [0.4, 0.5) is 0 Å². The van der Waals surface area contributed by atoms with E-state index in [0.29, 0.717) is 11.7 Å². The van der Waals surface area contributed by atoms with Gasteiger partial charge < -0.3 is 9.72 Å². The van der Waals surface area contributed by atoms with Crippen molar-refractivity contribution in [1.82, 2.24) is 4.98 Å². The minimum Gasteiger partial charge on any atom is -0.461 e. The molecule has 0 saturated heterocycles. The molecule has 1 unspecified atom stereocenters. The zero-order chi connectivity index (χ0) is 17.3. The maximum Gasteiger partial charge on any atom is 0.354 e. The molecule has 1 atom stereocenters. The molecule has 2 heterocycles. The van der Waals surface area contributed by atoms with Crippen LogP contribution in [0.25, 0.3) is 11.3 Å². The lowest BCUT2D eigenvalue weighted by Crippen LogP contribution is -2.18. The Morgan fingerprint density at radius 2 is 2.12 bits per heavy atom. The number of nitrogens with one attached hydrogen (secondary N) is 1. The standard InChI is InChI=1S/C19H21NO3S/c1-4-11(3)12-6-7-17-13(8-12)18-14(10-24-17)16(21)9-15(20-18)19(22)23-5-2/h6-9,11H,4-5,10H2,1-3H3,(H,20,21). The topological polar surface area (TPSA) is 59.2 Å². The van der Waals surface area contributed by atoms with Gasteiger partial charge in [-0.3, -0.25) is 4.79 Å². The largest absolute Gasteiger partial charge is 0.461 e. The maximum absolute atomic E-state index is 12.4. The van der Waals surface area contributed by atoms with Crippen LogP contribution in [0.3, 0.4) is 0 Å². The van der Waals surface area contributed by atoms with Crippen LogP contribution in [0.2, 0.25) is 0 Å². The quantitative estimate of drug-likeness (QED) is 0.839. The van der Waals surface area contributed by atoms with E-state index in [9.17, 15) is 9.59 Å². The number of carbonyl (C=O) groups excluding carboxylic acids is 1. The second-order valence-electron chi connectivity index (χ2n) is 5.97. The number of rotatable bonds is 4. The third-order valence-electron chi connectivity index (χ3n) is 4.46. The number of aromatic nitrogens is 1. The third kappa shape index (κ3) is 3.00. The minimum absolute atomic E-state index is 0.112. The van der Waals surface area contributed by atoms with Crippen molar-refractivity contribution in [2.75, 3.05) is 6.61 Å². The fourth-order valence-electron chi connectivity index (χ4n) is 2.84. The molecule has 0 fully saturated rings. The summed E-state index contributed by atoms with van der Waals surface area (Å²) in [5.41, 5.74) is 3.83. The highest BCUT2D eigenvalue weighted by molar-refractivity contribution is 7.98. The molecule has 1 aliphatic rings. The molecule has 1 aliphatic heterocycles. The molecule has 3 rings (SSSR count). The predicted octanol–water partition coefficient (Wildman–Crippen LogP) is 4.34. The smallest absolute Gasteiger partial charge is 0.354 e. The van der Waals surface area contributed by atoms with Gasteiger partial charge in [0.25, 0.3) is 0 Å². The Bertz CT molecular complexity index is 841. The van der Waals surface area contributed by atoms with E-state index in [0.717, 1.165) is 28.1 Å². The summed E-state index contributed by atoms with van der Waals surface area (Å²) in [6.45, 7) is 6.38. The number of H-pyrrole nitrogens is 1. The number of hydrogen-bond acceptors (Lipinski definition) is 4. The van der Waals surface area contributed by atoms with Crippen LogP contribution in [-0.4, -0.2) is 17.6 Å². The van der Waals surface area contributed by atoms with Crippen LogP contribution in [-0.2, 0) is 10.5 Å². The fourth-order valence-corrected chi connectivity index (χ4v) is 3.91. The molecule has 0 spiro atoms. The first-order chi connectivity index (χ1) is 11.5. The highest BCUT2D eigenvalue weighted by Crippen LogP contribution is 2.40. The molecule has 24 heavy (non-hydrogen) atoms. The molecular weight excluding hydrogens is 322 g/mol. The molecule has 4 nitrogen and oxygen atoms in total. The predicted molar refractivity (Wildman–Crippen MR) is 96.7 cm³/mol. The Morgan fingerprint density at radius 3 is 2.83 bits per heavy atom. The van der Waals surface area contributed by atoms with Crippen LogP contribution < -0.4 is 5.43 Å². The second kappa shape index (κ2) is 6.85. The monoisotopic (exact) mass is 343 g/mol. The molecule has 1 N–H and O–H groups in total. The summed E-state index contributed by atoms with van der Waals surface area (Å²) in [6, 6.07) is 7.75. The van der Waals surface area contributed by atoms with Crippen molar-refractivity contribution in [3.05, 3.63) is 51.3 Å². The van der Waals surface area contributed by atoms with E-state index in [2.05, 4.69) is 37.0 Å². The van der Waals surface area contributed by atoms with Crippen molar-refractivity contribution >= 4 is 17.7 Å². The molecule has 126 valence electrons. The number of esters is 1. The first-order valence-electron chi connectivity index (χ1n) is 8.25. The number of ether oxygens (including phenoxy) is 1. The van der Waals surface area contributed by atoms with Gasteiger partial charge >= 0.3 is 5.97 Å². The summed E-state index contributed by atoms with van der Waals surface area (Å²) < 4.78 is 5.03. The normalized spacial score (nSPS) is 13.8. The van der Waals surface area contributed by atoms with E-state index >= 15 is 0 Å². The highest BCUT2D eigenvalue weighted by Gasteiger charge is 2.23. The van der Waals surface area contributed by atoms with Crippen molar-refractivity contribution in [3.63, 3.8) is 0 Å². The molecule has 1 aromatic heterocycles. The molecule has 0 amide bonds. The van der Waals surface area contributed by atoms with Crippen molar-refractivity contribution in [2.24, 2.45) is 0 Å². The minimum atomic E-state index is -0.491. The summed E-state index contributed by atoms with van der Waals surface area (Å²) in [5.74, 6) is 0.574. The summed E-state index contributed by atoms with van der Waals surface area (Å²) in [6.07, 6.45) is 1.05. The average Bonchev–Trinajstić information content (AvgIpc) is 2.60. The summed E-state index contributed by atoms with van der Waals surface area (Å²) in [7, 11) is 0. The first kappa shape index (κ1) is 16.8. The number of pyridine rings is 1. The van der Waals surface area contributed by atoms with Gasteiger partial charge in [-0.2, -0.15) is 0 Å². The first-order valence-corrected chi connectivity index (χ1v) is 9.24. The van der Waals surface area contributed by atoms with Crippen LogP contribution in [0.5, 0.6) is 0 Å². The number of carbonyl (C=O) groups is 1. The second-order valence-corrected chi connectivity index (χ2v) is 6.99. The van der Waals surface area contributed by atoms with Crippen LogP contribution in [0, 0.1) is 0 Å². The molecule has 1 aromatic carbocycles. The Labute approximate surface area is 145 Å². The summed E-state index contributed by atoms with van der Waals surface area (Å²) >= 11 is 1.66. The van der Waals surface area contributed by atoms with Gasteiger partial charge in [0.2, 0.25) is 0 Å². The molecule has 0 bridgehead atoms. The molecular formula is C19H21NO3S. The number of thioether (sulfide) groups is 1. The van der Waals surface area contributed by atoms with E-state index < -0.39 is 5.97 Å². The van der Waals surface area contributed by atoms with Gasteiger partial charge in [-0.25, -0.2) is 4.79 Å². The van der Waals surface area contributed by atoms with Gasteiger partial charge in [0.1, 0.15) is 5.69 Å². The van der Waals surface area contributed by atoms with E-state index in [1.54, 1.807) is 18.7 Å². The van der Waals surface area contributed by atoms with Gasteiger partial charge in [-0.15, -0.1) is 11.8 Å². The SMILES string of the molecule is CCOC(=O)c1cc(=O)c2c([nH]1)-c1cc(C(C)CC)ccc1SC2. The Kier molecular flexibility index (Phi) is 4.81. The van der Waals surface area contributed by atoms with Crippen molar-refractivity contribution in [1.29, 1.82) is 0 Å². The summed E-state index contributed by atoms with van der Waals surface area (Å²) in [4.78, 5) is 28.7.